The summed E-state index contributed by atoms with van der Waals surface area (Å²) in [5.74, 6) is -1.13. The molecule has 90 valence electrons. The minimum atomic E-state index is -0.873. The Kier molecular flexibility index (Phi) is 3.19. The lowest BCUT2D eigenvalue weighted by Crippen LogP contribution is -2.07. The topological polar surface area (TPSA) is 43.8 Å². The first kappa shape index (κ1) is 11.7. The van der Waals surface area contributed by atoms with E-state index in [1.165, 1.54) is 6.07 Å². The van der Waals surface area contributed by atoms with Crippen molar-refractivity contribution in [3.63, 3.8) is 0 Å². The summed E-state index contributed by atoms with van der Waals surface area (Å²) in [6.45, 7) is 3.00. The third-order valence-electron chi connectivity index (χ3n) is 2.64. The molecule has 17 heavy (non-hydrogen) atoms. The number of hydrogen-bond donors (Lipinski definition) is 1. The van der Waals surface area contributed by atoms with Crippen LogP contribution in [0, 0.1) is 11.6 Å². The van der Waals surface area contributed by atoms with Crippen LogP contribution in [-0.2, 0) is 13.1 Å². The second-order valence-electron chi connectivity index (χ2n) is 3.65. The SMILES string of the molecule is CCn1c(CN)cnc1-c1ccc(F)c(F)c1. The highest BCUT2D eigenvalue weighted by molar-refractivity contribution is 5.56. The molecule has 2 N–H and O–H groups in total. The number of halogens is 2. The van der Waals surface area contributed by atoms with E-state index in [2.05, 4.69) is 4.98 Å². The molecule has 0 unspecified atom stereocenters. The molecule has 3 nitrogen and oxygen atoms in total. The molecule has 0 radical (unpaired) electrons. The van der Waals surface area contributed by atoms with Crippen LogP contribution in [0.15, 0.2) is 24.4 Å². The second kappa shape index (κ2) is 4.63. The monoisotopic (exact) mass is 237 g/mol. The van der Waals surface area contributed by atoms with E-state index in [4.69, 9.17) is 5.73 Å². The number of benzene rings is 1. The fourth-order valence-corrected chi connectivity index (χ4v) is 1.79. The highest BCUT2D eigenvalue weighted by Crippen LogP contribution is 2.21. The van der Waals surface area contributed by atoms with Gasteiger partial charge in [0.1, 0.15) is 5.82 Å². The quantitative estimate of drug-likeness (QED) is 0.890. The second-order valence-corrected chi connectivity index (χ2v) is 3.65. The van der Waals surface area contributed by atoms with Gasteiger partial charge in [0.25, 0.3) is 0 Å². The molecule has 1 aromatic carbocycles. The number of hydrogen-bond acceptors (Lipinski definition) is 2. The van der Waals surface area contributed by atoms with Crippen LogP contribution in [0.4, 0.5) is 8.78 Å². The van der Waals surface area contributed by atoms with Crippen molar-refractivity contribution in [1.29, 1.82) is 0 Å². The van der Waals surface area contributed by atoms with Crippen LogP contribution in [-0.4, -0.2) is 9.55 Å². The molecule has 2 rings (SSSR count). The standard InChI is InChI=1S/C12H13F2N3/c1-2-17-9(6-15)7-16-12(17)8-3-4-10(13)11(14)5-8/h3-5,7H,2,6,15H2,1H3. The average molecular weight is 237 g/mol. The zero-order valence-corrected chi connectivity index (χ0v) is 9.45. The predicted molar refractivity (Wildman–Crippen MR) is 61.1 cm³/mol. The van der Waals surface area contributed by atoms with Crippen molar-refractivity contribution in [2.45, 2.75) is 20.0 Å². The normalized spacial score (nSPS) is 10.8. The van der Waals surface area contributed by atoms with Gasteiger partial charge in [-0.2, -0.15) is 0 Å². The number of rotatable bonds is 3. The Balaban J connectivity index is 2.52. The summed E-state index contributed by atoms with van der Waals surface area (Å²) in [5, 5.41) is 0. The molecule has 0 spiro atoms. The molecular formula is C12H13F2N3. The third kappa shape index (κ3) is 2.06. The molecular weight excluding hydrogens is 224 g/mol. The van der Waals surface area contributed by atoms with E-state index in [1.807, 2.05) is 11.5 Å². The fourth-order valence-electron chi connectivity index (χ4n) is 1.79. The lowest BCUT2D eigenvalue weighted by Gasteiger charge is -2.08. The van der Waals surface area contributed by atoms with Crippen molar-refractivity contribution in [3.8, 4) is 11.4 Å². The van der Waals surface area contributed by atoms with Gasteiger partial charge in [0.2, 0.25) is 0 Å². The maximum absolute atomic E-state index is 13.2. The smallest absolute Gasteiger partial charge is 0.159 e. The average Bonchev–Trinajstić information content (AvgIpc) is 2.75. The van der Waals surface area contributed by atoms with Gasteiger partial charge >= 0.3 is 0 Å². The van der Waals surface area contributed by atoms with Crippen molar-refractivity contribution in [3.05, 3.63) is 41.7 Å². The van der Waals surface area contributed by atoms with Crippen molar-refractivity contribution in [2.24, 2.45) is 5.73 Å². The van der Waals surface area contributed by atoms with Gasteiger partial charge in [-0.3, -0.25) is 0 Å². The third-order valence-corrected chi connectivity index (χ3v) is 2.64. The van der Waals surface area contributed by atoms with Crippen LogP contribution < -0.4 is 5.73 Å². The molecule has 0 saturated heterocycles. The van der Waals surface area contributed by atoms with E-state index in [1.54, 1.807) is 6.20 Å². The highest BCUT2D eigenvalue weighted by atomic mass is 19.2. The molecule has 0 aliphatic heterocycles. The minimum Gasteiger partial charge on any atom is -0.327 e. The Bertz CT molecular complexity index is 535. The number of nitrogens with zero attached hydrogens (tertiary/aromatic N) is 2. The summed E-state index contributed by atoms with van der Waals surface area (Å²) in [6, 6.07) is 3.75. The van der Waals surface area contributed by atoms with Gasteiger partial charge in [-0.15, -0.1) is 0 Å². The summed E-state index contributed by atoms with van der Waals surface area (Å²) in [6.07, 6.45) is 1.65. The van der Waals surface area contributed by atoms with Crippen LogP contribution in [0.25, 0.3) is 11.4 Å². The molecule has 0 aliphatic carbocycles. The largest absolute Gasteiger partial charge is 0.327 e. The van der Waals surface area contributed by atoms with Crippen molar-refractivity contribution in [2.75, 3.05) is 0 Å². The van der Waals surface area contributed by atoms with Gasteiger partial charge in [-0.1, -0.05) is 0 Å². The number of aromatic nitrogens is 2. The molecule has 5 heteroatoms. The van der Waals surface area contributed by atoms with Crippen molar-refractivity contribution >= 4 is 0 Å². The van der Waals surface area contributed by atoms with Crippen LogP contribution in [0.2, 0.25) is 0 Å². The Hall–Kier alpha value is -1.75. The first-order chi connectivity index (χ1) is 8.17. The van der Waals surface area contributed by atoms with Crippen LogP contribution >= 0.6 is 0 Å². The van der Waals surface area contributed by atoms with Crippen LogP contribution in [0.5, 0.6) is 0 Å². The van der Waals surface area contributed by atoms with Gasteiger partial charge in [0.15, 0.2) is 11.6 Å². The van der Waals surface area contributed by atoms with Crippen molar-refractivity contribution < 1.29 is 8.78 Å². The molecule has 1 aromatic heterocycles. The lowest BCUT2D eigenvalue weighted by atomic mass is 10.2. The summed E-state index contributed by atoms with van der Waals surface area (Å²) in [4.78, 5) is 4.19. The Morgan fingerprint density at radius 1 is 1.29 bits per heavy atom. The Labute approximate surface area is 97.9 Å². The van der Waals surface area contributed by atoms with E-state index >= 15 is 0 Å². The van der Waals surface area contributed by atoms with Gasteiger partial charge in [-0.05, 0) is 25.1 Å². The van der Waals surface area contributed by atoms with E-state index in [0.29, 0.717) is 24.5 Å². The van der Waals surface area contributed by atoms with Gasteiger partial charge in [0.05, 0.1) is 11.9 Å². The number of imidazole rings is 1. The summed E-state index contributed by atoms with van der Waals surface area (Å²) < 4.78 is 27.9. The zero-order valence-electron chi connectivity index (χ0n) is 9.45. The molecule has 0 saturated carbocycles. The maximum atomic E-state index is 13.2. The predicted octanol–water partition coefficient (Wildman–Crippen LogP) is 2.31. The molecule has 1 heterocycles. The van der Waals surface area contributed by atoms with Gasteiger partial charge in [-0.25, -0.2) is 13.8 Å². The van der Waals surface area contributed by atoms with Crippen molar-refractivity contribution in [1.82, 2.24) is 9.55 Å². The zero-order chi connectivity index (χ0) is 12.4. The molecule has 0 amide bonds. The first-order valence-electron chi connectivity index (χ1n) is 5.37. The summed E-state index contributed by atoms with van der Waals surface area (Å²) >= 11 is 0. The summed E-state index contributed by atoms with van der Waals surface area (Å²) in [7, 11) is 0. The van der Waals surface area contributed by atoms with Gasteiger partial charge in [0, 0.05) is 18.7 Å². The first-order valence-corrected chi connectivity index (χ1v) is 5.37. The molecule has 0 aliphatic rings. The van der Waals surface area contributed by atoms with Gasteiger partial charge < -0.3 is 10.3 Å². The van der Waals surface area contributed by atoms with E-state index < -0.39 is 11.6 Å². The van der Waals surface area contributed by atoms with Crippen LogP contribution in [0.3, 0.4) is 0 Å². The molecule has 0 bridgehead atoms. The van der Waals surface area contributed by atoms with Crippen LogP contribution in [0.1, 0.15) is 12.6 Å². The minimum absolute atomic E-state index is 0.366. The summed E-state index contributed by atoms with van der Waals surface area (Å²) in [5.41, 5.74) is 6.99. The van der Waals surface area contributed by atoms with E-state index in [0.717, 1.165) is 17.8 Å². The maximum Gasteiger partial charge on any atom is 0.159 e. The van der Waals surface area contributed by atoms with E-state index in [-0.39, 0.29) is 0 Å². The molecule has 2 aromatic rings. The Morgan fingerprint density at radius 3 is 2.65 bits per heavy atom. The lowest BCUT2D eigenvalue weighted by molar-refractivity contribution is 0.509. The van der Waals surface area contributed by atoms with E-state index in [9.17, 15) is 8.78 Å². The Morgan fingerprint density at radius 2 is 2.06 bits per heavy atom. The fraction of sp³-hybridized carbons (Fsp3) is 0.250. The molecule has 0 fully saturated rings. The molecule has 0 atom stereocenters. The number of nitrogens with two attached hydrogens (primary N) is 1. The highest BCUT2D eigenvalue weighted by Gasteiger charge is 2.11.